The molecule has 0 radical (unpaired) electrons. The van der Waals surface area contributed by atoms with Crippen molar-refractivity contribution in [3.05, 3.63) is 59.7 Å². The molecule has 0 aliphatic heterocycles. The number of benzene rings is 2. The molecule has 29 heavy (non-hydrogen) atoms. The summed E-state index contributed by atoms with van der Waals surface area (Å²) in [5.41, 5.74) is 2.19. The van der Waals surface area contributed by atoms with Crippen LogP contribution in [0.1, 0.15) is 47.9 Å². The lowest BCUT2D eigenvalue weighted by Crippen LogP contribution is -2.30. The van der Waals surface area contributed by atoms with Crippen LogP contribution in [0, 0.1) is 0 Å². The van der Waals surface area contributed by atoms with Crippen LogP contribution in [0.15, 0.2) is 48.5 Å². The summed E-state index contributed by atoms with van der Waals surface area (Å²) in [4.78, 5) is 36.0. The minimum absolute atomic E-state index is 0.0323. The molecule has 0 saturated carbocycles. The van der Waals surface area contributed by atoms with E-state index >= 15 is 0 Å². The highest BCUT2D eigenvalue weighted by Crippen LogP contribution is 2.13. The van der Waals surface area contributed by atoms with Gasteiger partial charge in [0.1, 0.15) is 0 Å². The van der Waals surface area contributed by atoms with Crippen molar-refractivity contribution in [3.63, 3.8) is 0 Å². The van der Waals surface area contributed by atoms with Gasteiger partial charge in [-0.3, -0.25) is 9.59 Å². The zero-order valence-corrected chi connectivity index (χ0v) is 17.0. The molecule has 2 amide bonds. The fourth-order valence-electron chi connectivity index (χ4n) is 2.47. The van der Waals surface area contributed by atoms with Crippen molar-refractivity contribution in [1.29, 1.82) is 0 Å². The molecule has 0 aliphatic carbocycles. The van der Waals surface area contributed by atoms with Gasteiger partial charge in [-0.25, -0.2) is 4.79 Å². The number of ether oxygens (including phenoxy) is 1. The zero-order valence-electron chi connectivity index (χ0n) is 17.0. The predicted octanol–water partition coefficient (Wildman–Crippen LogP) is 3.44. The van der Waals surface area contributed by atoms with Crippen LogP contribution in [0.4, 0.5) is 11.4 Å². The molecule has 7 heteroatoms. The first-order valence-electron chi connectivity index (χ1n) is 9.61. The van der Waals surface area contributed by atoms with Crippen LogP contribution >= 0.6 is 0 Å². The fourth-order valence-corrected chi connectivity index (χ4v) is 2.47. The molecule has 0 heterocycles. The molecule has 7 nitrogen and oxygen atoms in total. The molecule has 0 saturated heterocycles. The number of carbonyl (C=O) groups excluding carboxylic acids is 3. The van der Waals surface area contributed by atoms with Crippen molar-refractivity contribution >= 4 is 29.2 Å². The highest BCUT2D eigenvalue weighted by atomic mass is 16.5. The Morgan fingerprint density at radius 3 is 2.34 bits per heavy atom. The Hall–Kier alpha value is -3.35. The number of hydrogen-bond acceptors (Lipinski definition) is 5. The molecular formula is C22H27N3O4. The number of rotatable bonds is 9. The quantitative estimate of drug-likeness (QED) is 0.563. The highest BCUT2D eigenvalue weighted by Gasteiger charge is 2.10. The number of amides is 2. The van der Waals surface area contributed by atoms with Gasteiger partial charge in [-0.1, -0.05) is 13.0 Å². The summed E-state index contributed by atoms with van der Waals surface area (Å²) >= 11 is 0. The van der Waals surface area contributed by atoms with Crippen LogP contribution in [-0.2, 0) is 9.53 Å². The summed E-state index contributed by atoms with van der Waals surface area (Å²) in [5.74, 6) is -0.804. The van der Waals surface area contributed by atoms with Crippen LogP contribution in [0.2, 0.25) is 0 Å². The van der Waals surface area contributed by atoms with E-state index < -0.39 is 0 Å². The van der Waals surface area contributed by atoms with E-state index in [1.54, 1.807) is 48.5 Å². The van der Waals surface area contributed by atoms with E-state index in [-0.39, 0.29) is 30.4 Å². The van der Waals surface area contributed by atoms with Crippen molar-refractivity contribution in [3.8, 4) is 0 Å². The van der Waals surface area contributed by atoms with Crippen LogP contribution in [-0.4, -0.2) is 37.0 Å². The number of anilines is 2. The molecule has 0 fully saturated rings. The fraction of sp³-hybridized carbons (Fsp3) is 0.318. The van der Waals surface area contributed by atoms with Gasteiger partial charge in [-0.05, 0) is 62.7 Å². The van der Waals surface area contributed by atoms with Gasteiger partial charge in [-0.2, -0.15) is 0 Å². The molecule has 2 aromatic rings. The van der Waals surface area contributed by atoms with E-state index in [2.05, 4.69) is 16.0 Å². The Morgan fingerprint density at radius 1 is 0.966 bits per heavy atom. The third-order valence-corrected chi connectivity index (χ3v) is 3.84. The maximum absolute atomic E-state index is 12.2. The molecule has 0 atom stereocenters. The number of carbonyl (C=O) groups is 3. The van der Waals surface area contributed by atoms with Gasteiger partial charge in [0.15, 0.2) is 0 Å². The number of esters is 1. The molecule has 2 aromatic carbocycles. The van der Waals surface area contributed by atoms with Gasteiger partial charge in [0.25, 0.3) is 5.91 Å². The Balaban J connectivity index is 1.87. The molecule has 0 aliphatic rings. The molecule has 0 bridgehead atoms. The van der Waals surface area contributed by atoms with Gasteiger partial charge < -0.3 is 20.7 Å². The van der Waals surface area contributed by atoms with E-state index in [1.165, 1.54) is 0 Å². The first kappa shape index (κ1) is 21.9. The Bertz CT molecular complexity index is 847. The summed E-state index contributed by atoms with van der Waals surface area (Å²) in [7, 11) is 0. The summed E-state index contributed by atoms with van der Waals surface area (Å²) in [6.45, 7) is 6.13. The van der Waals surface area contributed by atoms with E-state index in [9.17, 15) is 14.4 Å². The topological polar surface area (TPSA) is 96.5 Å². The van der Waals surface area contributed by atoms with Crippen molar-refractivity contribution in [1.82, 2.24) is 5.32 Å². The van der Waals surface area contributed by atoms with E-state index in [1.807, 2.05) is 20.8 Å². The zero-order chi connectivity index (χ0) is 21.2. The van der Waals surface area contributed by atoms with Crippen LogP contribution in [0.25, 0.3) is 0 Å². The third-order valence-electron chi connectivity index (χ3n) is 3.84. The molecule has 154 valence electrons. The summed E-state index contributed by atoms with van der Waals surface area (Å²) in [5, 5.41) is 8.56. The standard InChI is InChI=1S/C22H27N3O4/c1-4-12-29-22(28)16-8-10-18(11-9-16)23-14-20(26)25-19-7-5-6-17(13-19)21(27)24-15(2)3/h5-11,13,15,23H,4,12,14H2,1-3H3,(H,24,27)(H,25,26). The Morgan fingerprint density at radius 2 is 1.69 bits per heavy atom. The Labute approximate surface area is 170 Å². The highest BCUT2D eigenvalue weighted by molar-refractivity contribution is 5.98. The maximum atomic E-state index is 12.2. The van der Waals surface area contributed by atoms with E-state index in [0.29, 0.717) is 29.1 Å². The molecular weight excluding hydrogens is 370 g/mol. The van der Waals surface area contributed by atoms with E-state index in [0.717, 1.165) is 6.42 Å². The lowest BCUT2D eigenvalue weighted by atomic mass is 10.1. The Kier molecular flexibility index (Phi) is 8.21. The second kappa shape index (κ2) is 10.8. The molecule has 0 aromatic heterocycles. The minimum atomic E-state index is -0.363. The monoisotopic (exact) mass is 397 g/mol. The smallest absolute Gasteiger partial charge is 0.338 e. The van der Waals surface area contributed by atoms with Crippen molar-refractivity contribution < 1.29 is 19.1 Å². The molecule has 0 spiro atoms. The van der Waals surface area contributed by atoms with Crippen molar-refractivity contribution in [2.75, 3.05) is 23.8 Å². The maximum Gasteiger partial charge on any atom is 0.338 e. The summed E-state index contributed by atoms with van der Waals surface area (Å²) in [6.07, 6.45) is 0.770. The first-order chi connectivity index (χ1) is 13.9. The SMILES string of the molecule is CCCOC(=O)c1ccc(NCC(=O)Nc2cccc(C(=O)NC(C)C)c2)cc1. The van der Waals surface area contributed by atoms with Gasteiger partial charge in [-0.15, -0.1) is 0 Å². The minimum Gasteiger partial charge on any atom is -0.462 e. The van der Waals surface area contributed by atoms with Crippen LogP contribution < -0.4 is 16.0 Å². The number of nitrogens with one attached hydrogen (secondary N) is 3. The molecule has 0 unspecified atom stereocenters. The lowest BCUT2D eigenvalue weighted by Gasteiger charge is -2.11. The predicted molar refractivity (Wildman–Crippen MR) is 113 cm³/mol. The first-order valence-corrected chi connectivity index (χ1v) is 9.61. The molecule has 2 rings (SSSR count). The van der Waals surface area contributed by atoms with Gasteiger partial charge in [0.05, 0.1) is 18.7 Å². The normalized spacial score (nSPS) is 10.3. The van der Waals surface area contributed by atoms with Crippen LogP contribution in [0.5, 0.6) is 0 Å². The third kappa shape index (κ3) is 7.29. The van der Waals surface area contributed by atoms with Gasteiger partial charge >= 0.3 is 5.97 Å². The largest absolute Gasteiger partial charge is 0.462 e. The van der Waals surface area contributed by atoms with Crippen LogP contribution in [0.3, 0.4) is 0 Å². The van der Waals surface area contributed by atoms with Crippen molar-refractivity contribution in [2.45, 2.75) is 33.2 Å². The van der Waals surface area contributed by atoms with Gasteiger partial charge in [0, 0.05) is 23.0 Å². The van der Waals surface area contributed by atoms with E-state index in [4.69, 9.17) is 4.74 Å². The second-order valence-corrected chi connectivity index (χ2v) is 6.82. The summed E-state index contributed by atoms with van der Waals surface area (Å²) < 4.78 is 5.08. The average molecular weight is 397 g/mol. The van der Waals surface area contributed by atoms with Gasteiger partial charge in [0.2, 0.25) is 5.91 Å². The summed E-state index contributed by atoms with van der Waals surface area (Å²) in [6, 6.07) is 13.5. The van der Waals surface area contributed by atoms with Crippen molar-refractivity contribution in [2.24, 2.45) is 0 Å². The lowest BCUT2D eigenvalue weighted by molar-refractivity contribution is -0.114. The average Bonchev–Trinajstić information content (AvgIpc) is 2.70. The second-order valence-electron chi connectivity index (χ2n) is 6.82. The number of hydrogen-bond donors (Lipinski definition) is 3. The molecule has 3 N–H and O–H groups in total.